The van der Waals surface area contributed by atoms with E-state index in [0.29, 0.717) is 0 Å². The lowest BCUT2D eigenvalue weighted by atomic mass is 10.1. The molecular weight excluding hydrogens is 240 g/mol. The second-order valence-corrected chi connectivity index (χ2v) is 5.29. The topological polar surface area (TPSA) is 32.8 Å². The Kier molecular flexibility index (Phi) is 4.30. The summed E-state index contributed by atoms with van der Waals surface area (Å²) in [6.07, 6.45) is 2.01. The third kappa shape index (κ3) is 3.63. The van der Waals surface area contributed by atoms with Crippen molar-refractivity contribution in [1.29, 1.82) is 0 Å². The number of nitrogens with zero attached hydrogens (tertiary/aromatic N) is 2. The van der Waals surface area contributed by atoms with E-state index in [0.717, 1.165) is 31.7 Å². The van der Waals surface area contributed by atoms with Gasteiger partial charge in [-0.15, -0.1) is 0 Å². The molecule has 0 atom stereocenters. The SMILES string of the molecule is Cc1ccc(OC2CCN(C(=O)N(C)C)CC2)cc1. The summed E-state index contributed by atoms with van der Waals surface area (Å²) in [5, 5.41) is 0. The van der Waals surface area contributed by atoms with Gasteiger partial charge in [-0.1, -0.05) is 17.7 Å². The van der Waals surface area contributed by atoms with Gasteiger partial charge in [0.15, 0.2) is 0 Å². The zero-order valence-corrected chi connectivity index (χ0v) is 11.9. The molecule has 1 aromatic carbocycles. The maximum atomic E-state index is 11.8. The smallest absolute Gasteiger partial charge is 0.319 e. The van der Waals surface area contributed by atoms with E-state index in [2.05, 4.69) is 19.1 Å². The van der Waals surface area contributed by atoms with Crippen LogP contribution in [0.25, 0.3) is 0 Å². The second-order valence-electron chi connectivity index (χ2n) is 5.29. The molecular formula is C15H22N2O2. The van der Waals surface area contributed by atoms with E-state index in [1.165, 1.54) is 5.56 Å². The Morgan fingerprint density at radius 3 is 2.32 bits per heavy atom. The molecule has 0 aromatic heterocycles. The van der Waals surface area contributed by atoms with E-state index in [9.17, 15) is 4.79 Å². The number of ether oxygens (including phenoxy) is 1. The van der Waals surface area contributed by atoms with Crippen LogP contribution in [0.1, 0.15) is 18.4 Å². The predicted octanol–water partition coefficient (Wildman–Crippen LogP) is 2.52. The van der Waals surface area contributed by atoms with Crippen molar-refractivity contribution < 1.29 is 9.53 Å². The summed E-state index contributed by atoms with van der Waals surface area (Å²) in [6, 6.07) is 8.22. The Morgan fingerprint density at radius 2 is 1.79 bits per heavy atom. The van der Waals surface area contributed by atoms with Crippen molar-refractivity contribution >= 4 is 6.03 Å². The van der Waals surface area contributed by atoms with Gasteiger partial charge in [0.25, 0.3) is 0 Å². The minimum Gasteiger partial charge on any atom is -0.490 e. The molecule has 1 heterocycles. The normalized spacial score (nSPS) is 16.3. The van der Waals surface area contributed by atoms with Crippen molar-refractivity contribution in [2.24, 2.45) is 0 Å². The second kappa shape index (κ2) is 5.95. The first-order valence-electron chi connectivity index (χ1n) is 6.76. The molecule has 0 radical (unpaired) electrons. The van der Waals surface area contributed by atoms with Gasteiger partial charge >= 0.3 is 6.03 Å². The third-order valence-electron chi connectivity index (χ3n) is 3.42. The summed E-state index contributed by atoms with van der Waals surface area (Å²) in [5.74, 6) is 0.919. The van der Waals surface area contributed by atoms with E-state index in [1.807, 2.05) is 17.0 Å². The largest absolute Gasteiger partial charge is 0.490 e. The van der Waals surface area contributed by atoms with E-state index in [4.69, 9.17) is 4.74 Å². The van der Waals surface area contributed by atoms with E-state index >= 15 is 0 Å². The highest BCUT2D eigenvalue weighted by Gasteiger charge is 2.24. The van der Waals surface area contributed by atoms with Crippen LogP contribution in [0.3, 0.4) is 0 Å². The Morgan fingerprint density at radius 1 is 1.21 bits per heavy atom. The zero-order valence-electron chi connectivity index (χ0n) is 11.9. The van der Waals surface area contributed by atoms with Gasteiger partial charge in [-0.2, -0.15) is 0 Å². The number of amides is 2. The number of carbonyl (C=O) groups excluding carboxylic acids is 1. The van der Waals surface area contributed by atoms with Crippen molar-refractivity contribution in [3.05, 3.63) is 29.8 Å². The van der Waals surface area contributed by atoms with Crippen LogP contribution in [0.4, 0.5) is 4.79 Å². The molecule has 0 aliphatic carbocycles. The molecule has 4 nitrogen and oxygen atoms in total. The van der Waals surface area contributed by atoms with Gasteiger partial charge in [0.1, 0.15) is 11.9 Å². The van der Waals surface area contributed by atoms with Gasteiger partial charge in [-0.05, 0) is 19.1 Å². The number of aryl methyl sites for hydroxylation is 1. The van der Waals surface area contributed by atoms with Crippen molar-refractivity contribution in [3.8, 4) is 5.75 Å². The molecule has 104 valence electrons. The first kappa shape index (κ1) is 13.7. The lowest BCUT2D eigenvalue weighted by molar-refractivity contribution is 0.101. The van der Waals surface area contributed by atoms with Crippen LogP contribution in [0.2, 0.25) is 0 Å². The third-order valence-corrected chi connectivity index (χ3v) is 3.42. The number of rotatable bonds is 2. The van der Waals surface area contributed by atoms with Gasteiger partial charge in [-0.25, -0.2) is 4.79 Å². The standard InChI is InChI=1S/C15H22N2O2/c1-12-4-6-13(7-5-12)19-14-8-10-17(11-9-14)15(18)16(2)3/h4-7,14H,8-11H2,1-3H3. The lowest BCUT2D eigenvalue weighted by Gasteiger charge is -2.33. The van der Waals surface area contributed by atoms with Gasteiger partial charge in [-0.3, -0.25) is 0 Å². The monoisotopic (exact) mass is 262 g/mol. The van der Waals surface area contributed by atoms with Gasteiger partial charge < -0.3 is 14.5 Å². The average Bonchev–Trinajstić information content (AvgIpc) is 2.41. The highest BCUT2D eigenvalue weighted by atomic mass is 16.5. The number of hydrogen-bond acceptors (Lipinski definition) is 2. The summed E-state index contributed by atoms with van der Waals surface area (Å²) >= 11 is 0. The average molecular weight is 262 g/mol. The highest BCUT2D eigenvalue weighted by molar-refractivity contribution is 5.73. The molecule has 4 heteroatoms. The van der Waals surface area contributed by atoms with Crippen molar-refractivity contribution in [2.45, 2.75) is 25.9 Å². The van der Waals surface area contributed by atoms with Crippen LogP contribution in [-0.2, 0) is 0 Å². The minimum atomic E-state index is 0.0915. The molecule has 0 saturated carbocycles. The van der Waals surface area contributed by atoms with Crippen molar-refractivity contribution in [1.82, 2.24) is 9.80 Å². The summed E-state index contributed by atoms with van der Waals surface area (Å²) in [5.41, 5.74) is 1.23. The van der Waals surface area contributed by atoms with E-state index in [1.54, 1.807) is 19.0 Å². The van der Waals surface area contributed by atoms with Crippen molar-refractivity contribution in [3.63, 3.8) is 0 Å². The quantitative estimate of drug-likeness (QED) is 0.820. The molecule has 0 unspecified atom stereocenters. The van der Waals surface area contributed by atoms with Crippen LogP contribution < -0.4 is 4.74 Å². The van der Waals surface area contributed by atoms with Crippen LogP contribution >= 0.6 is 0 Å². The molecule has 0 spiro atoms. The number of likely N-dealkylation sites (tertiary alicyclic amines) is 1. The maximum absolute atomic E-state index is 11.8. The molecule has 1 fully saturated rings. The lowest BCUT2D eigenvalue weighted by Crippen LogP contribution is -2.46. The number of piperidine rings is 1. The van der Waals surface area contributed by atoms with Crippen LogP contribution in [-0.4, -0.2) is 49.1 Å². The fourth-order valence-corrected chi connectivity index (χ4v) is 2.26. The maximum Gasteiger partial charge on any atom is 0.319 e. The Balaban J connectivity index is 1.83. The minimum absolute atomic E-state index is 0.0915. The highest BCUT2D eigenvalue weighted by Crippen LogP contribution is 2.19. The van der Waals surface area contributed by atoms with Gasteiger partial charge in [0.2, 0.25) is 0 Å². The number of hydrogen-bond donors (Lipinski definition) is 0. The molecule has 0 N–H and O–H groups in total. The first-order valence-corrected chi connectivity index (χ1v) is 6.76. The fourth-order valence-electron chi connectivity index (χ4n) is 2.26. The molecule has 2 amide bonds. The summed E-state index contributed by atoms with van der Waals surface area (Å²) in [6.45, 7) is 3.61. The van der Waals surface area contributed by atoms with Crippen LogP contribution in [0, 0.1) is 6.92 Å². The molecule has 19 heavy (non-hydrogen) atoms. The molecule has 1 aliphatic rings. The van der Waals surface area contributed by atoms with E-state index < -0.39 is 0 Å². The number of urea groups is 1. The summed E-state index contributed by atoms with van der Waals surface area (Å²) < 4.78 is 5.95. The first-order chi connectivity index (χ1) is 9.06. The Labute approximate surface area is 115 Å². The summed E-state index contributed by atoms with van der Waals surface area (Å²) in [4.78, 5) is 15.3. The number of carbonyl (C=O) groups is 1. The van der Waals surface area contributed by atoms with Crippen LogP contribution in [0.5, 0.6) is 5.75 Å². The molecule has 1 saturated heterocycles. The predicted molar refractivity (Wildman–Crippen MR) is 75.5 cm³/mol. The van der Waals surface area contributed by atoms with E-state index in [-0.39, 0.29) is 12.1 Å². The zero-order chi connectivity index (χ0) is 13.8. The number of benzene rings is 1. The summed E-state index contributed by atoms with van der Waals surface area (Å²) in [7, 11) is 3.58. The Bertz CT molecular complexity index is 420. The molecule has 1 aliphatic heterocycles. The van der Waals surface area contributed by atoms with Crippen molar-refractivity contribution in [2.75, 3.05) is 27.2 Å². The molecule has 2 rings (SSSR count). The fraction of sp³-hybridized carbons (Fsp3) is 0.533. The molecule has 0 bridgehead atoms. The Hall–Kier alpha value is -1.71. The molecule has 1 aromatic rings. The van der Waals surface area contributed by atoms with Gasteiger partial charge in [0.05, 0.1) is 0 Å². The van der Waals surface area contributed by atoms with Crippen LogP contribution in [0.15, 0.2) is 24.3 Å². The van der Waals surface area contributed by atoms with Gasteiger partial charge in [0, 0.05) is 40.0 Å².